The van der Waals surface area contributed by atoms with Crippen LogP contribution >= 0.6 is 23.8 Å². The van der Waals surface area contributed by atoms with Crippen molar-refractivity contribution in [2.24, 2.45) is 0 Å². The Morgan fingerprint density at radius 1 is 1.33 bits per heavy atom. The van der Waals surface area contributed by atoms with Gasteiger partial charge in [0, 0.05) is 26.4 Å². The van der Waals surface area contributed by atoms with Crippen LogP contribution in [0.15, 0.2) is 12.5 Å². The van der Waals surface area contributed by atoms with Crippen LogP contribution in [0.4, 0.5) is 10.6 Å². The van der Waals surface area contributed by atoms with Gasteiger partial charge in [0.25, 0.3) is 0 Å². The van der Waals surface area contributed by atoms with E-state index in [4.69, 9.17) is 33.3 Å². The van der Waals surface area contributed by atoms with E-state index in [2.05, 4.69) is 45.3 Å². The molecule has 30 heavy (non-hydrogen) atoms. The molecule has 2 N–H and O–H groups in total. The number of nitrogens with one attached hydrogen (secondary N) is 2. The summed E-state index contributed by atoms with van der Waals surface area (Å²) in [5.74, 6) is 0.266. The maximum absolute atomic E-state index is 11.5. The third-order valence-corrected chi connectivity index (χ3v) is 6.20. The molecule has 0 bridgehead atoms. The summed E-state index contributed by atoms with van der Waals surface area (Å²) in [4.78, 5) is 19.9. The Labute approximate surface area is 187 Å². The number of anilines is 1. The third-order valence-electron chi connectivity index (χ3n) is 3.93. The monoisotopic (exact) mass is 470 g/mol. The van der Waals surface area contributed by atoms with Crippen molar-refractivity contribution in [2.75, 3.05) is 18.5 Å². The number of hydrogen-bond donors (Lipinski definition) is 2. The van der Waals surface area contributed by atoms with E-state index in [0.717, 1.165) is 17.3 Å². The van der Waals surface area contributed by atoms with Gasteiger partial charge in [-0.2, -0.15) is 5.10 Å². The Kier molecular flexibility index (Phi) is 8.71. The molecule has 2 heterocycles. The predicted octanol–water partition coefficient (Wildman–Crippen LogP) is 4.06. The third kappa shape index (κ3) is 7.31. The van der Waals surface area contributed by atoms with Gasteiger partial charge in [-0.05, 0) is 32.1 Å². The average Bonchev–Trinajstić information content (AvgIpc) is 3.00. The molecule has 0 fully saturated rings. The molecule has 2 aromatic heterocycles. The number of aromatic nitrogens is 4. The number of amides is 1. The molecule has 0 aliphatic carbocycles. The summed E-state index contributed by atoms with van der Waals surface area (Å²) in [5.41, 5.74) is 2.00. The van der Waals surface area contributed by atoms with Gasteiger partial charge in [-0.1, -0.05) is 31.2 Å². The van der Waals surface area contributed by atoms with Gasteiger partial charge in [-0.15, -0.1) is 0 Å². The molecule has 2 rings (SSSR count). The van der Waals surface area contributed by atoms with Crippen LogP contribution in [-0.4, -0.2) is 52.2 Å². The molecule has 0 aromatic carbocycles. The van der Waals surface area contributed by atoms with Crippen LogP contribution in [0.25, 0.3) is 11.3 Å². The number of hydrogen-bond acceptors (Lipinski definition) is 7. The fourth-order valence-corrected chi connectivity index (χ4v) is 3.58. The van der Waals surface area contributed by atoms with Gasteiger partial charge in [0.05, 0.1) is 18.0 Å². The van der Waals surface area contributed by atoms with Gasteiger partial charge in [0.2, 0.25) is 0 Å². The van der Waals surface area contributed by atoms with Crippen molar-refractivity contribution >= 4 is 48.9 Å². The Balaban J connectivity index is 2.09. The van der Waals surface area contributed by atoms with Crippen LogP contribution in [0.3, 0.4) is 0 Å². The second-order valence-electron chi connectivity index (χ2n) is 7.70. The molecule has 9 nitrogen and oxygen atoms in total. The van der Waals surface area contributed by atoms with Crippen molar-refractivity contribution in [3.8, 4) is 11.3 Å². The van der Waals surface area contributed by atoms with E-state index in [-0.39, 0.29) is 22.6 Å². The molecule has 0 saturated heterocycles. The predicted molar refractivity (Wildman–Crippen MR) is 123 cm³/mol. The summed E-state index contributed by atoms with van der Waals surface area (Å²) in [6, 6.07) is 1.09. The highest BCUT2D eigenvalue weighted by Crippen LogP contribution is 2.31. The number of nitrogens with zero attached hydrogens (tertiary/aromatic N) is 4. The summed E-state index contributed by atoms with van der Waals surface area (Å²) in [5, 5.41) is 9.91. The van der Waals surface area contributed by atoms with E-state index < -0.39 is 14.2 Å². The zero-order chi connectivity index (χ0) is 22.3. The van der Waals surface area contributed by atoms with Gasteiger partial charge in [0.1, 0.15) is 18.1 Å². The Morgan fingerprint density at radius 3 is 2.73 bits per heavy atom. The van der Waals surface area contributed by atoms with E-state index in [1.807, 2.05) is 13.1 Å². The van der Waals surface area contributed by atoms with Crippen LogP contribution in [0, 0.1) is 6.92 Å². The first-order valence-electron chi connectivity index (χ1n) is 9.48. The first-order valence-corrected chi connectivity index (χ1v) is 14.0. The molecule has 0 spiro atoms. The topological polar surface area (TPSA) is 103 Å². The highest BCUT2D eigenvalue weighted by atomic mass is 35.5. The fraction of sp³-hybridized carbons (Fsp3) is 0.500. The van der Waals surface area contributed by atoms with Crippen LogP contribution in [-0.2, 0) is 16.2 Å². The number of thiocarbonyl (C=S) groups is 1. The van der Waals surface area contributed by atoms with Crippen LogP contribution in [0.1, 0.15) is 12.6 Å². The minimum atomic E-state index is -1.14. The summed E-state index contributed by atoms with van der Waals surface area (Å²) in [7, 11) is -1.14. The van der Waals surface area contributed by atoms with Gasteiger partial charge in [-0.3, -0.25) is 5.32 Å². The van der Waals surface area contributed by atoms with Gasteiger partial charge >= 0.3 is 6.09 Å². The minimum absolute atomic E-state index is 0.0169. The fourth-order valence-electron chi connectivity index (χ4n) is 2.40. The lowest BCUT2D eigenvalue weighted by Crippen LogP contribution is -2.34. The first kappa shape index (κ1) is 24.2. The quantitative estimate of drug-likeness (QED) is 0.338. The molecular formula is C18H27ClN6O3SSi. The Hall–Kier alpha value is -2.08. The van der Waals surface area contributed by atoms with Crippen LogP contribution < -0.4 is 10.6 Å². The lowest BCUT2D eigenvalue weighted by Gasteiger charge is -2.15. The molecule has 0 radical (unpaired) electrons. The molecule has 0 aliphatic rings. The molecule has 0 unspecified atom stereocenters. The Bertz CT molecular complexity index is 903. The average molecular weight is 471 g/mol. The standard InChI is InChI=1S/C18H27ClN6O3SSi/c1-6-28-18(26)23-17(29)22-16-14(19)15(20-10-21-16)13-9-25(24-12(13)2)11-27-7-8-30(3,4)5/h9-10H,6-8,11H2,1-5H3,(H2,20,21,22,23,26,29). The lowest BCUT2D eigenvalue weighted by atomic mass is 10.2. The van der Waals surface area contributed by atoms with Gasteiger partial charge in [-0.25, -0.2) is 19.4 Å². The maximum Gasteiger partial charge on any atom is 0.413 e. The maximum atomic E-state index is 11.5. The van der Waals surface area contributed by atoms with E-state index in [1.54, 1.807) is 11.6 Å². The molecule has 12 heteroatoms. The SMILES string of the molecule is CCOC(=O)NC(=S)Nc1ncnc(-c2cn(COCC[Si](C)(C)C)nc2C)c1Cl. The summed E-state index contributed by atoms with van der Waals surface area (Å²) >= 11 is 11.6. The van der Waals surface area contributed by atoms with E-state index in [0.29, 0.717) is 19.0 Å². The molecule has 164 valence electrons. The highest BCUT2D eigenvalue weighted by molar-refractivity contribution is 7.80. The summed E-state index contributed by atoms with van der Waals surface area (Å²) in [6.45, 7) is 11.8. The Morgan fingerprint density at radius 2 is 2.07 bits per heavy atom. The number of halogens is 1. The molecule has 2 aromatic rings. The number of carbonyl (C=O) groups is 1. The van der Waals surface area contributed by atoms with Gasteiger partial charge < -0.3 is 14.8 Å². The van der Waals surface area contributed by atoms with Crippen molar-refractivity contribution in [2.45, 2.75) is 46.3 Å². The van der Waals surface area contributed by atoms with E-state index in [1.165, 1.54) is 6.33 Å². The summed E-state index contributed by atoms with van der Waals surface area (Å²) in [6.07, 6.45) is 2.53. The number of rotatable bonds is 8. The number of ether oxygens (including phenoxy) is 2. The van der Waals surface area contributed by atoms with Crippen LogP contribution in [0.5, 0.6) is 0 Å². The highest BCUT2D eigenvalue weighted by Gasteiger charge is 2.18. The van der Waals surface area contributed by atoms with Crippen molar-refractivity contribution in [1.82, 2.24) is 25.1 Å². The number of aryl methyl sites for hydroxylation is 1. The van der Waals surface area contributed by atoms with Crippen molar-refractivity contribution in [3.05, 3.63) is 23.2 Å². The minimum Gasteiger partial charge on any atom is -0.450 e. The zero-order valence-corrected chi connectivity index (χ0v) is 20.4. The largest absolute Gasteiger partial charge is 0.450 e. The number of carbonyl (C=O) groups excluding carboxylic acids is 1. The first-order chi connectivity index (χ1) is 14.1. The normalized spacial score (nSPS) is 11.3. The zero-order valence-electron chi connectivity index (χ0n) is 17.8. The second-order valence-corrected chi connectivity index (χ2v) is 14.1. The lowest BCUT2D eigenvalue weighted by molar-refractivity contribution is 0.0784. The van der Waals surface area contributed by atoms with Gasteiger partial charge in [0.15, 0.2) is 10.9 Å². The van der Waals surface area contributed by atoms with Crippen molar-refractivity contribution in [1.29, 1.82) is 0 Å². The second kappa shape index (κ2) is 10.8. The molecule has 0 atom stereocenters. The molecule has 0 aliphatic heterocycles. The molecule has 0 saturated carbocycles. The summed E-state index contributed by atoms with van der Waals surface area (Å²) < 4.78 is 12.3. The van der Waals surface area contributed by atoms with Crippen LogP contribution in [0.2, 0.25) is 30.7 Å². The van der Waals surface area contributed by atoms with Crippen molar-refractivity contribution in [3.63, 3.8) is 0 Å². The van der Waals surface area contributed by atoms with E-state index >= 15 is 0 Å². The molecule has 1 amide bonds. The van der Waals surface area contributed by atoms with Crippen molar-refractivity contribution < 1.29 is 14.3 Å². The smallest absolute Gasteiger partial charge is 0.413 e. The van der Waals surface area contributed by atoms with E-state index in [9.17, 15) is 4.79 Å². The number of alkyl carbamates (subject to hydrolysis) is 1. The molecular weight excluding hydrogens is 444 g/mol.